The summed E-state index contributed by atoms with van der Waals surface area (Å²) in [5, 5.41) is 0. The lowest BCUT2D eigenvalue weighted by Crippen LogP contribution is -2.14. The normalized spacial score (nSPS) is 12.8. The number of nitrogens with zero attached hydrogens (tertiary/aromatic N) is 1. The molecule has 156 valence electrons. The molecule has 4 aromatic rings. The molecule has 0 saturated carbocycles. The molecule has 1 aromatic heterocycles. The highest BCUT2D eigenvalue weighted by Gasteiger charge is 2.24. The minimum Gasteiger partial charge on any atom is -0.489 e. The Hall–Kier alpha value is -3.39. The standard InChI is InChI=1S/C29H29NO/c1-2-28(25-13-15-27(16-14-25)31-22-24-11-7-4-8-12-24)29(26-17-19-30-20-18-26)21-23-9-5-3-6-10-23/h3-20,28-29H,2,21-22H2,1H3/t28-,29+/m0/s1. The Morgan fingerprint density at radius 1 is 0.645 bits per heavy atom. The molecule has 0 aliphatic rings. The number of hydrogen-bond acceptors (Lipinski definition) is 2. The monoisotopic (exact) mass is 407 g/mol. The van der Waals surface area contributed by atoms with Gasteiger partial charge in [-0.1, -0.05) is 79.7 Å². The fourth-order valence-corrected chi connectivity index (χ4v) is 4.28. The quantitative estimate of drug-likeness (QED) is 0.293. The van der Waals surface area contributed by atoms with Crippen LogP contribution >= 0.6 is 0 Å². The molecule has 0 N–H and O–H groups in total. The van der Waals surface area contributed by atoms with E-state index < -0.39 is 0 Å². The Bertz CT molecular complexity index is 1030. The third-order valence-corrected chi connectivity index (χ3v) is 5.91. The van der Waals surface area contributed by atoms with Crippen LogP contribution in [-0.4, -0.2) is 4.98 Å². The predicted molar refractivity (Wildman–Crippen MR) is 127 cm³/mol. The van der Waals surface area contributed by atoms with Crippen molar-refractivity contribution in [2.45, 2.75) is 38.2 Å². The van der Waals surface area contributed by atoms with Gasteiger partial charge in [0.15, 0.2) is 0 Å². The Balaban J connectivity index is 1.54. The number of hydrogen-bond donors (Lipinski definition) is 0. The van der Waals surface area contributed by atoms with Gasteiger partial charge in [0.05, 0.1) is 0 Å². The Morgan fingerprint density at radius 3 is 1.84 bits per heavy atom. The molecular formula is C29H29NO. The van der Waals surface area contributed by atoms with Gasteiger partial charge in [0.2, 0.25) is 0 Å². The summed E-state index contributed by atoms with van der Waals surface area (Å²) in [6.07, 6.45) is 5.89. The van der Waals surface area contributed by atoms with Crippen LogP contribution in [0.2, 0.25) is 0 Å². The van der Waals surface area contributed by atoms with Gasteiger partial charge in [0.1, 0.15) is 12.4 Å². The van der Waals surface area contributed by atoms with Crippen molar-refractivity contribution >= 4 is 0 Å². The summed E-state index contributed by atoms with van der Waals surface area (Å²) in [7, 11) is 0. The molecule has 0 spiro atoms. The van der Waals surface area contributed by atoms with Gasteiger partial charge < -0.3 is 4.74 Å². The van der Waals surface area contributed by atoms with Gasteiger partial charge in [-0.25, -0.2) is 0 Å². The van der Waals surface area contributed by atoms with Crippen molar-refractivity contribution in [3.05, 3.63) is 132 Å². The van der Waals surface area contributed by atoms with Gasteiger partial charge >= 0.3 is 0 Å². The zero-order valence-electron chi connectivity index (χ0n) is 18.0. The van der Waals surface area contributed by atoms with E-state index >= 15 is 0 Å². The van der Waals surface area contributed by atoms with Gasteiger partial charge in [-0.05, 0) is 71.2 Å². The number of benzene rings is 3. The zero-order valence-corrected chi connectivity index (χ0v) is 18.0. The van der Waals surface area contributed by atoms with Crippen LogP contribution in [0.4, 0.5) is 0 Å². The van der Waals surface area contributed by atoms with E-state index in [-0.39, 0.29) is 0 Å². The highest BCUT2D eigenvalue weighted by atomic mass is 16.5. The molecule has 2 atom stereocenters. The van der Waals surface area contributed by atoms with Gasteiger partial charge in [0, 0.05) is 12.4 Å². The molecule has 3 aromatic carbocycles. The van der Waals surface area contributed by atoms with Crippen LogP contribution in [0.1, 0.15) is 47.4 Å². The molecular weight excluding hydrogens is 378 g/mol. The summed E-state index contributed by atoms with van der Waals surface area (Å²) in [6, 6.07) is 34.0. The van der Waals surface area contributed by atoms with Crippen LogP contribution in [0, 0.1) is 0 Å². The second-order valence-electron chi connectivity index (χ2n) is 7.93. The van der Waals surface area contributed by atoms with Crippen LogP contribution < -0.4 is 4.74 Å². The van der Waals surface area contributed by atoms with E-state index in [9.17, 15) is 0 Å². The second-order valence-corrected chi connectivity index (χ2v) is 7.93. The summed E-state index contributed by atoms with van der Waals surface area (Å²) < 4.78 is 5.99. The number of rotatable bonds is 9. The number of pyridine rings is 1. The average molecular weight is 408 g/mol. The predicted octanol–water partition coefficient (Wildman–Crippen LogP) is 7.18. The summed E-state index contributed by atoms with van der Waals surface area (Å²) in [5.74, 6) is 1.73. The minimum atomic E-state index is 0.395. The third-order valence-electron chi connectivity index (χ3n) is 5.91. The van der Waals surface area contributed by atoms with E-state index in [1.54, 1.807) is 0 Å². The van der Waals surface area contributed by atoms with Crippen molar-refractivity contribution in [1.82, 2.24) is 4.98 Å². The second kappa shape index (κ2) is 10.6. The van der Waals surface area contributed by atoms with Crippen molar-refractivity contribution < 1.29 is 4.74 Å². The van der Waals surface area contributed by atoms with Gasteiger partial charge in [0.25, 0.3) is 0 Å². The maximum absolute atomic E-state index is 5.99. The van der Waals surface area contributed by atoms with E-state index in [4.69, 9.17) is 4.74 Å². The average Bonchev–Trinajstić information content (AvgIpc) is 2.85. The number of aromatic nitrogens is 1. The van der Waals surface area contributed by atoms with E-state index in [1.807, 2.05) is 30.6 Å². The Kier molecular flexibility index (Phi) is 7.12. The largest absolute Gasteiger partial charge is 0.489 e. The molecule has 0 aliphatic carbocycles. The SMILES string of the molecule is CC[C@@H](c1ccc(OCc2ccccc2)cc1)[C@H](Cc1ccccc1)c1ccncc1. The van der Waals surface area contributed by atoms with E-state index in [0.29, 0.717) is 18.4 Å². The smallest absolute Gasteiger partial charge is 0.119 e. The minimum absolute atomic E-state index is 0.395. The van der Waals surface area contributed by atoms with Crippen LogP contribution in [0.15, 0.2) is 109 Å². The molecule has 0 radical (unpaired) electrons. The molecule has 31 heavy (non-hydrogen) atoms. The Morgan fingerprint density at radius 2 is 1.23 bits per heavy atom. The highest BCUT2D eigenvalue weighted by Crippen LogP contribution is 2.38. The van der Waals surface area contributed by atoms with Crippen LogP contribution in [-0.2, 0) is 13.0 Å². The zero-order chi connectivity index (χ0) is 21.3. The summed E-state index contributed by atoms with van der Waals surface area (Å²) in [6.45, 7) is 2.87. The molecule has 2 heteroatoms. The molecule has 0 unspecified atom stereocenters. The molecule has 0 saturated heterocycles. The lowest BCUT2D eigenvalue weighted by molar-refractivity contribution is 0.306. The van der Waals surface area contributed by atoms with Crippen molar-refractivity contribution in [3.63, 3.8) is 0 Å². The number of ether oxygens (including phenoxy) is 1. The lowest BCUT2D eigenvalue weighted by Gasteiger charge is -2.28. The van der Waals surface area contributed by atoms with Crippen molar-refractivity contribution in [3.8, 4) is 5.75 Å². The van der Waals surface area contributed by atoms with E-state index in [1.165, 1.54) is 22.3 Å². The van der Waals surface area contributed by atoms with Crippen LogP contribution in [0.5, 0.6) is 5.75 Å². The molecule has 4 rings (SSSR count). The maximum atomic E-state index is 5.99. The first-order valence-corrected chi connectivity index (χ1v) is 11.0. The van der Waals surface area contributed by atoms with Gasteiger partial charge in [-0.15, -0.1) is 0 Å². The fraction of sp³-hybridized carbons (Fsp3) is 0.207. The summed E-state index contributed by atoms with van der Waals surface area (Å²) in [5.41, 5.74) is 5.24. The topological polar surface area (TPSA) is 22.1 Å². The maximum Gasteiger partial charge on any atom is 0.119 e. The van der Waals surface area contributed by atoms with E-state index in [2.05, 4.69) is 90.8 Å². The molecule has 1 heterocycles. The molecule has 0 amide bonds. The molecule has 0 bridgehead atoms. The van der Waals surface area contributed by atoms with Crippen molar-refractivity contribution in [2.75, 3.05) is 0 Å². The third kappa shape index (κ3) is 5.61. The fourth-order valence-electron chi connectivity index (χ4n) is 4.28. The first-order valence-electron chi connectivity index (χ1n) is 11.0. The molecule has 0 aliphatic heterocycles. The first kappa shape index (κ1) is 20.9. The van der Waals surface area contributed by atoms with Crippen molar-refractivity contribution in [1.29, 1.82) is 0 Å². The van der Waals surface area contributed by atoms with Gasteiger partial charge in [-0.2, -0.15) is 0 Å². The van der Waals surface area contributed by atoms with E-state index in [0.717, 1.165) is 18.6 Å². The molecule has 2 nitrogen and oxygen atoms in total. The van der Waals surface area contributed by atoms with Crippen LogP contribution in [0.25, 0.3) is 0 Å². The lowest BCUT2D eigenvalue weighted by atomic mass is 9.77. The summed E-state index contributed by atoms with van der Waals surface area (Å²) >= 11 is 0. The highest BCUT2D eigenvalue weighted by molar-refractivity contribution is 5.34. The van der Waals surface area contributed by atoms with Crippen LogP contribution in [0.3, 0.4) is 0 Å². The summed E-state index contributed by atoms with van der Waals surface area (Å²) in [4.78, 5) is 4.23. The van der Waals surface area contributed by atoms with Crippen molar-refractivity contribution in [2.24, 2.45) is 0 Å². The first-order chi connectivity index (χ1) is 15.3. The Labute approximate surface area is 185 Å². The molecule has 0 fully saturated rings. The van der Waals surface area contributed by atoms with Gasteiger partial charge in [-0.3, -0.25) is 4.98 Å².